The van der Waals surface area contributed by atoms with E-state index in [1.807, 2.05) is 0 Å². The number of anilines is 1. The molecule has 2 aromatic rings. The van der Waals surface area contributed by atoms with Crippen molar-refractivity contribution >= 4 is 41.1 Å². The molecule has 1 fully saturated rings. The number of nitrogens with zero attached hydrogens (tertiary/aromatic N) is 3. The third-order valence-corrected chi connectivity index (χ3v) is 6.61. The Morgan fingerprint density at radius 2 is 1.71 bits per heavy atom. The smallest absolute Gasteiger partial charge is 0.260 e. The van der Waals surface area contributed by atoms with Crippen molar-refractivity contribution in [3.05, 3.63) is 50.8 Å². The number of amides is 1. The van der Waals surface area contributed by atoms with Crippen molar-refractivity contribution in [2.75, 3.05) is 52.7 Å². The molecule has 3 rings (SSSR count). The largest absolute Gasteiger partial charge is 0.495 e. The Bertz CT molecular complexity index is 1140. The maximum Gasteiger partial charge on any atom is 0.260 e. The zero-order valence-electron chi connectivity index (χ0n) is 19.1. The van der Waals surface area contributed by atoms with Crippen LogP contribution < -0.4 is 20.8 Å². The Balaban J connectivity index is 1.98. The van der Waals surface area contributed by atoms with E-state index in [-0.39, 0.29) is 39.4 Å². The van der Waals surface area contributed by atoms with E-state index in [1.165, 1.54) is 37.0 Å². The summed E-state index contributed by atoms with van der Waals surface area (Å²) in [5.74, 6) is 0.672. The predicted octanol–water partition coefficient (Wildman–Crippen LogP) is 2.75. The van der Waals surface area contributed by atoms with Gasteiger partial charge >= 0.3 is 0 Å². The van der Waals surface area contributed by atoms with Gasteiger partial charge in [-0.25, -0.2) is 0 Å². The van der Waals surface area contributed by atoms with Crippen LogP contribution in [-0.4, -0.2) is 73.4 Å². The molecule has 3 N–H and O–H groups in total. The van der Waals surface area contributed by atoms with Crippen molar-refractivity contribution in [2.24, 2.45) is 0 Å². The lowest BCUT2D eigenvalue weighted by Gasteiger charge is -2.34. The summed E-state index contributed by atoms with van der Waals surface area (Å²) in [5.41, 5.74) is 6.62. The lowest BCUT2D eigenvalue weighted by molar-refractivity contribution is -0.127. The van der Waals surface area contributed by atoms with E-state index < -0.39 is 5.56 Å². The highest BCUT2D eigenvalue weighted by atomic mass is 35.5. The average Bonchev–Trinajstić information content (AvgIpc) is 2.85. The molecule has 0 radical (unpaired) electrons. The summed E-state index contributed by atoms with van der Waals surface area (Å²) < 4.78 is 12.1. The number of hydrogen-bond acceptors (Lipinski definition) is 7. The first kappa shape index (κ1) is 25.6. The number of nitrogens with two attached hydrogens (primary N) is 1. The first-order valence-corrected chi connectivity index (χ1v) is 11.3. The summed E-state index contributed by atoms with van der Waals surface area (Å²) in [5, 5.41) is 8.10. The molecule has 34 heavy (non-hydrogen) atoms. The Hall–Kier alpha value is -3.01. The maximum atomic E-state index is 13.5. The van der Waals surface area contributed by atoms with Gasteiger partial charge in [0.25, 0.3) is 5.56 Å². The summed E-state index contributed by atoms with van der Waals surface area (Å²) in [7, 11) is 2.90. The molecule has 1 saturated heterocycles. The van der Waals surface area contributed by atoms with E-state index in [2.05, 4.69) is 11.5 Å². The van der Waals surface area contributed by atoms with Crippen LogP contribution in [0, 0.1) is 5.41 Å². The van der Waals surface area contributed by atoms with E-state index >= 15 is 0 Å². The molecule has 1 aliphatic heterocycles. The van der Waals surface area contributed by atoms with Crippen LogP contribution in [0.15, 0.2) is 29.6 Å². The van der Waals surface area contributed by atoms with E-state index in [0.717, 1.165) is 6.21 Å². The molecule has 0 aliphatic carbocycles. The average molecular weight is 508 g/mol. The molecule has 11 heteroatoms. The van der Waals surface area contributed by atoms with Gasteiger partial charge in [0.15, 0.2) is 0 Å². The minimum atomic E-state index is -0.400. The zero-order chi connectivity index (χ0) is 25.0. The van der Waals surface area contributed by atoms with Gasteiger partial charge in [-0.05, 0) is 12.1 Å². The summed E-state index contributed by atoms with van der Waals surface area (Å²) in [6, 6.07) is 3.03. The highest BCUT2D eigenvalue weighted by Crippen LogP contribution is 2.45. The molecule has 1 aromatic carbocycles. The predicted molar refractivity (Wildman–Crippen MR) is 135 cm³/mol. The fourth-order valence-electron chi connectivity index (χ4n) is 3.90. The Kier molecular flexibility index (Phi) is 8.24. The van der Waals surface area contributed by atoms with E-state index in [4.69, 9.17) is 43.8 Å². The van der Waals surface area contributed by atoms with Gasteiger partial charge < -0.3 is 25.5 Å². The molecule has 1 aromatic heterocycles. The first-order chi connectivity index (χ1) is 16.3. The van der Waals surface area contributed by atoms with Crippen molar-refractivity contribution in [3.63, 3.8) is 0 Å². The number of carbonyl (C=O) groups excluding carboxylic acids is 1. The SMILES string of the molecule is C=CC(=O)N1CCN(CCn2c(N)c(C=N)cc(-c3c(Cl)c(OC)cc(OC)c3Cl)c2=O)CC1. The van der Waals surface area contributed by atoms with Crippen LogP contribution in [0.25, 0.3) is 11.1 Å². The van der Waals surface area contributed by atoms with Crippen LogP contribution in [0.3, 0.4) is 0 Å². The molecule has 0 bridgehead atoms. The number of methoxy groups -OCH3 is 2. The molecule has 0 atom stereocenters. The lowest BCUT2D eigenvalue weighted by Crippen LogP contribution is -2.49. The second-order valence-corrected chi connectivity index (χ2v) is 8.41. The fourth-order valence-corrected chi connectivity index (χ4v) is 4.61. The molecule has 1 amide bonds. The monoisotopic (exact) mass is 507 g/mol. The van der Waals surface area contributed by atoms with E-state index in [9.17, 15) is 9.59 Å². The Morgan fingerprint density at radius 1 is 1.12 bits per heavy atom. The number of nitrogen functional groups attached to an aromatic ring is 1. The second kappa shape index (κ2) is 10.9. The molecular formula is C23H27Cl2N5O4. The van der Waals surface area contributed by atoms with Gasteiger partial charge in [-0.3, -0.25) is 19.1 Å². The quantitative estimate of drug-likeness (QED) is 0.419. The highest BCUT2D eigenvalue weighted by Gasteiger charge is 2.24. The number of carbonyl (C=O) groups is 1. The molecule has 0 unspecified atom stereocenters. The Labute approximate surface area is 207 Å². The van der Waals surface area contributed by atoms with Gasteiger partial charge in [-0.15, -0.1) is 0 Å². The van der Waals surface area contributed by atoms with Gasteiger partial charge in [-0.2, -0.15) is 0 Å². The van der Waals surface area contributed by atoms with Crippen LogP contribution in [-0.2, 0) is 11.3 Å². The van der Waals surface area contributed by atoms with Crippen molar-refractivity contribution in [2.45, 2.75) is 6.54 Å². The second-order valence-electron chi connectivity index (χ2n) is 7.65. The van der Waals surface area contributed by atoms with Crippen molar-refractivity contribution in [3.8, 4) is 22.6 Å². The molecule has 0 saturated carbocycles. The van der Waals surface area contributed by atoms with Crippen molar-refractivity contribution < 1.29 is 14.3 Å². The van der Waals surface area contributed by atoms with Crippen LogP contribution in [0.2, 0.25) is 10.0 Å². The van der Waals surface area contributed by atoms with Crippen molar-refractivity contribution in [1.29, 1.82) is 5.41 Å². The number of ether oxygens (including phenoxy) is 2. The summed E-state index contributed by atoms with van der Waals surface area (Å²) in [6.07, 6.45) is 2.39. The number of rotatable bonds is 8. The van der Waals surface area contributed by atoms with Crippen molar-refractivity contribution in [1.82, 2.24) is 14.4 Å². The van der Waals surface area contributed by atoms with Gasteiger partial charge in [0.1, 0.15) is 17.3 Å². The van der Waals surface area contributed by atoms with Crippen LogP contribution in [0.1, 0.15) is 5.56 Å². The molecule has 9 nitrogen and oxygen atoms in total. The minimum Gasteiger partial charge on any atom is -0.495 e. The standard InChI is InChI=1S/C23H27Cl2N5O4/c1-4-18(31)29-8-5-28(6-9-29)7-10-30-22(27)14(13-26)11-15(23(30)32)19-20(24)16(33-2)12-17(34-3)21(19)25/h4,11-13,26H,1,5-10,27H2,2-3H3. The number of hydrogen-bond donors (Lipinski definition) is 2. The first-order valence-electron chi connectivity index (χ1n) is 10.5. The maximum absolute atomic E-state index is 13.5. The van der Waals surface area contributed by atoms with Crippen LogP contribution in [0.5, 0.6) is 11.5 Å². The number of piperazine rings is 1. The van der Waals surface area contributed by atoms with Gasteiger partial charge in [0.2, 0.25) is 5.91 Å². The molecule has 2 heterocycles. The summed E-state index contributed by atoms with van der Waals surface area (Å²) in [4.78, 5) is 29.2. The van der Waals surface area contributed by atoms with Crippen LogP contribution in [0.4, 0.5) is 5.82 Å². The van der Waals surface area contributed by atoms with Gasteiger partial charge in [0, 0.05) is 62.7 Å². The number of aromatic nitrogens is 1. The van der Waals surface area contributed by atoms with Gasteiger partial charge in [0.05, 0.1) is 29.8 Å². The fraction of sp³-hybridized carbons (Fsp3) is 0.348. The Morgan fingerprint density at radius 3 is 2.21 bits per heavy atom. The van der Waals surface area contributed by atoms with Gasteiger partial charge in [-0.1, -0.05) is 29.8 Å². The van der Waals surface area contributed by atoms with Crippen LogP contribution >= 0.6 is 23.2 Å². The molecule has 0 spiro atoms. The number of halogens is 2. The molecule has 1 aliphatic rings. The number of nitrogens with one attached hydrogen (secondary N) is 1. The van der Waals surface area contributed by atoms with E-state index in [1.54, 1.807) is 4.90 Å². The number of benzene rings is 1. The lowest BCUT2D eigenvalue weighted by atomic mass is 10.0. The third kappa shape index (κ3) is 4.91. The highest BCUT2D eigenvalue weighted by molar-refractivity contribution is 6.41. The molecular weight excluding hydrogens is 481 g/mol. The summed E-state index contributed by atoms with van der Waals surface area (Å²) in [6.45, 7) is 6.82. The number of pyridine rings is 1. The topological polar surface area (TPSA) is 114 Å². The minimum absolute atomic E-state index is 0.0917. The summed E-state index contributed by atoms with van der Waals surface area (Å²) >= 11 is 13.1. The zero-order valence-corrected chi connectivity index (χ0v) is 20.6. The normalized spacial score (nSPS) is 14.1. The molecule has 182 valence electrons. The third-order valence-electron chi connectivity index (χ3n) is 5.86. The van der Waals surface area contributed by atoms with E-state index in [0.29, 0.717) is 49.8 Å².